The van der Waals surface area contributed by atoms with Gasteiger partial charge in [0.1, 0.15) is 0 Å². The average molecular weight is 336 g/mol. The number of benzene rings is 1. The van der Waals surface area contributed by atoms with E-state index in [1.54, 1.807) is 0 Å². The van der Waals surface area contributed by atoms with Crippen LogP contribution in [0.1, 0.15) is 31.9 Å². The van der Waals surface area contributed by atoms with Crippen LogP contribution in [0.3, 0.4) is 0 Å². The number of nitrogens with one attached hydrogen (secondary N) is 1. The lowest BCUT2D eigenvalue weighted by atomic mass is 9.98. The van der Waals surface area contributed by atoms with E-state index in [1.165, 1.54) is 5.56 Å². The Morgan fingerprint density at radius 1 is 1.33 bits per heavy atom. The van der Waals surface area contributed by atoms with Gasteiger partial charge in [0.2, 0.25) is 0 Å². The van der Waals surface area contributed by atoms with Crippen molar-refractivity contribution in [1.82, 2.24) is 5.43 Å². The van der Waals surface area contributed by atoms with Gasteiger partial charge in [-0.15, -0.1) is 0 Å². The Hall–Kier alpha value is 0.1000. The number of rotatable bonds is 4. The Bertz CT molecular complexity index is 326. The highest BCUT2D eigenvalue weighted by Crippen LogP contribution is 2.29. The summed E-state index contributed by atoms with van der Waals surface area (Å²) in [4.78, 5) is 0. The van der Waals surface area contributed by atoms with E-state index in [9.17, 15) is 0 Å². The largest absolute Gasteiger partial charge is 0.271 e. The molecule has 0 radical (unpaired) electrons. The summed E-state index contributed by atoms with van der Waals surface area (Å²) in [5.74, 6) is 6.19. The van der Waals surface area contributed by atoms with Crippen LogP contribution in [0.5, 0.6) is 0 Å². The Kier molecular flexibility index (Phi) is 5.26. The van der Waals surface area contributed by atoms with Crippen LogP contribution in [0.4, 0.5) is 0 Å². The minimum Gasteiger partial charge on any atom is -0.271 e. The summed E-state index contributed by atoms with van der Waals surface area (Å²) in [5.41, 5.74) is 4.06. The van der Waals surface area contributed by atoms with Crippen LogP contribution in [-0.4, -0.2) is 0 Å². The van der Waals surface area contributed by atoms with E-state index in [2.05, 4.69) is 57.2 Å². The van der Waals surface area contributed by atoms with E-state index in [0.717, 1.165) is 15.4 Å². The fraction of sp³-hybridized carbons (Fsp3) is 0.455. The molecule has 0 aliphatic heterocycles. The predicted molar refractivity (Wildman–Crippen MR) is 71.4 cm³/mol. The second-order valence-corrected chi connectivity index (χ2v) is 5.78. The van der Waals surface area contributed by atoms with Gasteiger partial charge in [-0.3, -0.25) is 11.3 Å². The molecule has 1 rings (SSSR count). The highest BCUT2D eigenvalue weighted by molar-refractivity contribution is 9.11. The van der Waals surface area contributed by atoms with Gasteiger partial charge in [0.15, 0.2) is 0 Å². The summed E-state index contributed by atoms with van der Waals surface area (Å²) >= 11 is 7.02. The highest BCUT2D eigenvalue weighted by atomic mass is 79.9. The van der Waals surface area contributed by atoms with Crippen LogP contribution in [-0.2, 0) is 0 Å². The third kappa shape index (κ3) is 3.87. The third-order valence-corrected chi connectivity index (χ3v) is 3.46. The summed E-state index contributed by atoms with van der Waals surface area (Å²) in [6.45, 7) is 4.38. The SMILES string of the molecule is CC(C)CC(NN)c1cc(Br)ccc1Br. The second kappa shape index (κ2) is 5.99. The van der Waals surface area contributed by atoms with E-state index in [0.29, 0.717) is 5.92 Å². The van der Waals surface area contributed by atoms with Crippen LogP contribution in [0.2, 0.25) is 0 Å². The van der Waals surface area contributed by atoms with Gasteiger partial charge < -0.3 is 0 Å². The van der Waals surface area contributed by atoms with Gasteiger partial charge in [-0.25, -0.2) is 0 Å². The molecular formula is C11H16Br2N2. The summed E-state index contributed by atoms with van der Waals surface area (Å²) < 4.78 is 2.17. The van der Waals surface area contributed by atoms with Gasteiger partial charge in [-0.1, -0.05) is 45.7 Å². The molecule has 0 aliphatic rings. The molecule has 2 nitrogen and oxygen atoms in total. The zero-order valence-corrected chi connectivity index (χ0v) is 12.1. The van der Waals surface area contributed by atoms with Crippen molar-refractivity contribution in [2.45, 2.75) is 26.3 Å². The first-order valence-electron chi connectivity index (χ1n) is 4.95. The molecule has 4 heteroatoms. The van der Waals surface area contributed by atoms with Gasteiger partial charge in [0.05, 0.1) is 0 Å². The van der Waals surface area contributed by atoms with E-state index < -0.39 is 0 Å². The maximum absolute atomic E-state index is 5.59. The summed E-state index contributed by atoms with van der Waals surface area (Å²) in [6.07, 6.45) is 1.02. The molecule has 1 unspecified atom stereocenters. The Morgan fingerprint density at radius 2 is 2.00 bits per heavy atom. The van der Waals surface area contributed by atoms with Gasteiger partial charge >= 0.3 is 0 Å². The van der Waals surface area contributed by atoms with E-state index >= 15 is 0 Å². The maximum atomic E-state index is 5.59. The van der Waals surface area contributed by atoms with Crippen molar-refractivity contribution in [2.24, 2.45) is 11.8 Å². The molecule has 0 saturated heterocycles. The van der Waals surface area contributed by atoms with Gasteiger partial charge in [0.25, 0.3) is 0 Å². The molecule has 15 heavy (non-hydrogen) atoms. The first-order chi connectivity index (χ1) is 7.04. The van der Waals surface area contributed by atoms with Gasteiger partial charge in [-0.2, -0.15) is 0 Å². The molecule has 0 saturated carbocycles. The zero-order valence-electron chi connectivity index (χ0n) is 8.93. The van der Waals surface area contributed by atoms with Crippen molar-refractivity contribution in [2.75, 3.05) is 0 Å². The monoisotopic (exact) mass is 334 g/mol. The van der Waals surface area contributed by atoms with Crippen molar-refractivity contribution in [1.29, 1.82) is 0 Å². The molecule has 84 valence electrons. The number of nitrogens with two attached hydrogens (primary N) is 1. The predicted octanol–water partition coefficient (Wildman–Crippen LogP) is 3.76. The molecular weight excluding hydrogens is 320 g/mol. The molecule has 1 aromatic carbocycles. The topological polar surface area (TPSA) is 38.0 Å². The molecule has 0 amide bonds. The molecule has 1 aromatic rings. The standard InChI is InChI=1S/C11H16Br2N2/c1-7(2)5-11(15-14)9-6-8(12)3-4-10(9)13/h3-4,6-7,11,15H,5,14H2,1-2H3. The first-order valence-corrected chi connectivity index (χ1v) is 6.54. The average Bonchev–Trinajstić information content (AvgIpc) is 2.18. The molecule has 0 aliphatic carbocycles. The van der Waals surface area contributed by atoms with E-state index in [1.807, 2.05) is 12.1 Å². The molecule has 0 bridgehead atoms. The van der Waals surface area contributed by atoms with Crippen LogP contribution in [0.15, 0.2) is 27.1 Å². The number of hydrogen-bond acceptors (Lipinski definition) is 2. The van der Waals surface area contributed by atoms with Crippen molar-refractivity contribution >= 4 is 31.9 Å². The van der Waals surface area contributed by atoms with Crippen LogP contribution in [0, 0.1) is 5.92 Å². The lowest BCUT2D eigenvalue weighted by molar-refractivity contribution is 0.437. The molecule has 0 heterocycles. The lowest BCUT2D eigenvalue weighted by Crippen LogP contribution is -2.29. The molecule has 1 atom stereocenters. The van der Waals surface area contributed by atoms with Gasteiger partial charge in [-0.05, 0) is 36.1 Å². The Balaban J connectivity index is 2.95. The number of hydrazine groups is 1. The lowest BCUT2D eigenvalue weighted by Gasteiger charge is -2.20. The quantitative estimate of drug-likeness (QED) is 0.649. The molecule has 0 spiro atoms. The fourth-order valence-electron chi connectivity index (χ4n) is 1.54. The zero-order chi connectivity index (χ0) is 11.4. The minimum atomic E-state index is 0.192. The molecule has 0 aromatic heterocycles. The third-order valence-electron chi connectivity index (χ3n) is 2.24. The first kappa shape index (κ1) is 13.2. The molecule has 0 fully saturated rings. The Morgan fingerprint density at radius 3 is 2.53 bits per heavy atom. The smallest absolute Gasteiger partial charge is 0.0474 e. The summed E-state index contributed by atoms with van der Waals surface area (Å²) in [5, 5.41) is 0. The summed E-state index contributed by atoms with van der Waals surface area (Å²) in [7, 11) is 0. The minimum absolute atomic E-state index is 0.192. The Labute approximate surface area is 108 Å². The van der Waals surface area contributed by atoms with E-state index in [-0.39, 0.29) is 6.04 Å². The summed E-state index contributed by atoms with van der Waals surface area (Å²) in [6, 6.07) is 6.33. The van der Waals surface area contributed by atoms with Gasteiger partial charge in [0, 0.05) is 15.0 Å². The number of hydrogen-bond donors (Lipinski definition) is 2. The van der Waals surface area contributed by atoms with Crippen molar-refractivity contribution < 1.29 is 0 Å². The van der Waals surface area contributed by atoms with Crippen LogP contribution in [0.25, 0.3) is 0 Å². The normalized spacial score (nSPS) is 13.2. The molecule has 3 N–H and O–H groups in total. The maximum Gasteiger partial charge on any atom is 0.0474 e. The van der Waals surface area contributed by atoms with E-state index in [4.69, 9.17) is 5.84 Å². The van der Waals surface area contributed by atoms with Crippen molar-refractivity contribution in [3.8, 4) is 0 Å². The number of halogens is 2. The van der Waals surface area contributed by atoms with Crippen molar-refractivity contribution in [3.05, 3.63) is 32.7 Å². The second-order valence-electron chi connectivity index (χ2n) is 4.01. The van der Waals surface area contributed by atoms with Crippen LogP contribution >= 0.6 is 31.9 Å². The fourth-order valence-corrected chi connectivity index (χ4v) is 2.44. The van der Waals surface area contributed by atoms with Crippen LogP contribution < -0.4 is 11.3 Å². The highest BCUT2D eigenvalue weighted by Gasteiger charge is 2.14. The van der Waals surface area contributed by atoms with Crippen molar-refractivity contribution in [3.63, 3.8) is 0 Å².